The van der Waals surface area contributed by atoms with Crippen molar-refractivity contribution in [2.75, 3.05) is 52.4 Å². The summed E-state index contributed by atoms with van der Waals surface area (Å²) >= 11 is 0. The van der Waals surface area contributed by atoms with Crippen molar-refractivity contribution < 1.29 is 0 Å². The lowest BCUT2D eigenvalue weighted by atomic mass is 10.2. The summed E-state index contributed by atoms with van der Waals surface area (Å²) in [5.41, 5.74) is 5.48. The molecule has 3 aromatic rings. The van der Waals surface area contributed by atoms with Crippen molar-refractivity contribution in [1.29, 1.82) is 0 Å². The zero-order chi connectivity index (χ0) is 22.6. The van der Waals surface area contributed by atoms with Crippen LogP contribution in [0.4, 0.5) is 0 Å². The number of aromatic nitrogens is 3. The van der Waals surface area contributed by atoms with Crippen LogP contribution >= 0.6 is 0 Å². The Labute approximate surface area is 196 Å². The molecule has 0 unspecified atom stereocenters. The van der Waals surface area contributed by atoms with Crippen LogP contribution in [0.25, 0.3) is 22.8 Å². The molecule has 5 N–H and O–H groups in total. The van der Waals surface area contributed by atoms with Crippen molar-refractivity contribution in [3.05, 3.63) is 66.0 Å². The van der Waals surface area contributed by atoms with Gasteiger partial charge in [-0.2, -0.15) is 0 Å². The van der Waals surface area contributed by atoms with Crippen LogP contribution in [0.5, 0.6) is 0 Å². The van der Waals surface area contributed by atoms with Crippen molar-refractivity contribution >= 4 is 0 Å². The summed E-state index contributed by atoms with van der Waals surface area (Å²) in [6, 6.07) is 18.2. The Bertz CT molecular complexity index is 919. The molecule has 4 heterocycles. The van der Waals surface area contributed by atoms with Gasteiger partial charge in [0.05, 0.1) is 34.2 Å². The minimum absolute atomic E-state index is 0.732. The summed E-state index contributed by atoms with van der Waals surface area (Å²) in [6.45, 7) is 8.99. The molecule has 0 saturated carbocycles. The van der Waals surface area contributed by atoms with Crippen LogP contribution in [0.1, 0.15) is 11.4 Å². The van der Waals surface area contributed by atoms with Gasteiger partial charge in [0.1, 0.15) is 0 Å². The topological polar surface area (TPSA) is 98.8 Å². The van der Waals surface area contributed by atoms with Crippen molar-refractivity contribution in [3.63, 3.8) is 0 Å². The molecule has 33 heavy (non-hydrogen) atoms. The molecule has 4 rings (SSSR count). The molecule has 174 valence electrons. The average Bonchev–Trinajstić information content (AvgIpc) is 2.86. The van der Waals surface area contributed by atoms with Gasteiger partial charge in [-0.3, -0.25) is 0 Å². The molecule has 3 aromatic heterocycles. The molecule has 0 spiro atoms. The smallest absolute Gasteiger partial charge is 0.0894 e. The number of hydrogen-bond donors (Lipinski definition) is 5. The van der Waals surface area contributed by atoms with E-state index in [1.807, 2.05) is 54.6 Å². The van der Waals surface area contributed by atoms with Crippen molar-refractivity contribution in [2.24, 2.45) is 0 Å². The lowest BCUT2D eigenvalue weighted by Crippen LogP contribution is -2.36. The summed E-state index contributed by atoms with van der Waals surface area (Å²) in [6.07, 6.45) is 0. The Hall–Kier alpha value is -2.75. The Morgan fingerprint density at radius 2 is 0.727 bits per heavy atom. The van der Waals surface area contributed by atoms with E-state index in [1.54, 1.807) is 0 Å². The van der Waals surface area contributed by atoms with Crippen LogP contribution in [0.15, 0.2) is 54.6 Å². The number of nitrogens with zero attached hydrogens (tertiary/aromatic N) is 3. The van der Waals surface area contributed by atoms with E-state index >= 15 is 0 Å². The predicted octanol–water partition coefficient (Wildman–Crippen LogP) is 1.17. The van der Waals surface area contributed by atoms with E-state index in [1.165, 1.54) is 0 Å². The number of hydrogen-bond acceptors (Lipinski definition) is 8. The molecule has 0 amide bonds. The molecule has 0 radical (unpaired) electrons. The Morgan fingerprint density at radius 1 is 0.394 bits per heavy atom. The van der Waals surface area contributed by atoms with Crippen molar-refractivity contribution in [1.82, 2.24) is 41.5 Å². The minimum atomic E-state index is 0.732. The highest BCUT2D eigenvalue weighted by Gasteiger charge is 2.07. The van der Waals surface area contributed by atoms with Gasteiger partial charge in [-0.25, -0.2) is 15.0 Å². The van der Waals surface area contributed by atoms with E-state index in [0.717, 1.165) is 99.6 Å². The third-order valence-corrected chi connectivity index (χ3v) is 5.41. The van der Waals surface area contributed by atoms with Crippen LogP contribution in [0.3, 0.4) is 0 Å². The van der Waals surface area contributed by atoms with Crippen LogP contribution < -0.4 is 26.6 Å². The molecule has 1 aliphatic rings. The number of rotatable bonds is 0. The van der Waals surface area contributed by atoms with Gasteiger partial charge < -0.3 is 26.6 Å². The molecule has 0 saturated heterocycles. The third-order valence-electron chi connectivity index (χ3n) is 5.41. The SMILES string of the molecule is c1cc2nc(c1)-c1cccc(n1)-c1cccc(n1)CNCCNCCNCCNCCNC2. The summed E-state index contributed by atoms with van der Waals surface area (Å²) in [4.78, 5) is 14.5. The maximum Gasteiger partial charge on any atom is 0.0894 e. The molecule has 0 aliphatic carbocycles. The van der Waals surface area contributed by atoms with E-state index in [4.69, 9.17) is 15.0 Å². The number of pyridine rings is 3. The zero-order valence-corrected chi connectivity index (χ0v) is 19.1. The molecule has 0 aromatic carbocycles. The molecule has 0 atom stereocenters. The van der Waals surface area contributed by atoms with Gasteiger partial charge in [-0.05, 0) is 36.4 Å². The third kappa shape index (κ3) is 7.66. The predicted molar refractivity (Wildman–Crippen MR) is 133 cm³/mol. The van der Waals surface area contributed by atoms with Gasteiger partial charge in [0, 0.05) is 65.4 Å². The fraction of sp³-hybridized carbons (Fsp3) is 0.400. The van der Waals surface area contributed by atoms with E-state index in [-0.39, 0.29) is 0 Å². The fourth-order valence-electron chi connectivity index (χ4n) is 3.68. The maximum absolute atomic E-state index is 4.86. The quantitative estimate of drug-likeness (QED) is 0.351. The first-order chi connectivity index (χ1) is 16.4. The standard InChI is InChI=1S/C25H34N8/c1-4-20-18-29-16-14-27-12-10-26-11-13-28-15-17-30-19-21-5-2-7-23(32-21)25-9-3-8-24(33-25)22(6-1)31-20/h1-9,26-30H,10-19H2. The highest BCUT2D eigenvalue weighted by molar-refractivity contribution is 5.61. The average molecular weight is 447 g/mol. The number of nitrogens with one attached hydrogen (secondary N) is 5. The van der Waals surface area contributed by atoms with E-state index in [9.17, 15) is 0 Å². The number of fused-ring (bicyclic) bond motifs is 8. The molecule has 1 aliphatic heterocycles. The summed E-state index contributed by atoms with van der Waals surface area (Å²) in [7, 11) is 0. The molecule has 8 nitrogen and oxygen atoms in total. The second-order valence-electron chi connectivity index (χ2n) is 8.04. The first-order valence-corrected chi connectivity index (χ1v) is 11.8. The van der Waals surface area contributed by atoms with Crippen molar-refractivity contribution in [2.45, 2.75) is 13.1 Å². The zero-order valence-electron chi connectivity index (χ0n) is 19.1. The van der Waals surface area contributed by atoms with Crippen LogP contribution in [-0.4, -0.2) is 67.3 Å². The first-order valence-electron chi connectivity index (χ1n) is 11.8. The first kappa shape index (κ1) is 23.4. The molecule has 0 fully saturated rings. The van der Waals surface area contributed by atoms with Crippen LogP contribution in [0, 0.1) is 0 Å². The van der Waals surface area contributed by atoms with Gasteiger partial charge in [0.15, 0.2) is 0 Å². The van der Waals surface area contributed by atoms with E-state index < -0.39 is 0 Å². The van der Waals surface area contributed by atoms with Gasteiger partial charge >= 0.3 is 0 Å². The lowest BCUT2D eigenvalue weighted by molar-refractivity contribution is 0.555. The highest BCUT2D eigenvalue weighted by atomic mass is 15.0. The Kier molecular flexibility index (Phi) is 9.28. The normalized spacial score (nSPS) is 17.1. The molecular weight excluding hydrogens is 412 g/mol. The summed E-state index contributed by atoms with van der Waals surface area (Å²) in [5.74, 6) is 0. The van der Waals surface area contributed by atoms with Gasteiger partial charge in [-0.1, -0.05) is 18.2 Å². The minimum Gasteiger partial charge on any atom is -0.314 e. The van der Waals surface area contributed by atoms with Gasteiger partial charge in [0.2, 0.25) is 0 Å². The summed E-state index contributed by atoms with van der Waals surface area (Å²) < 4.78 is 0. The van der Waals surface area contributed by atoms with Crippen LogP contribution in [-0.2, 0) is 13.1 Å². The van der Waals surface area contributed by atoms with Gasteiger partial charge in [-0.15, -0.1) is 0 Å². The monoisotopic (exact) mass is 446 g/mol. The largest absolute Gasteiger partial charge is 0.314 e. The maximum atomic E-state index is 4.86. The van der Waals surface area contributed by atoms with E-state index in [2.05, 4.69) is 26.6 Å². The van der Waals surface area contributed by atoms with Crippen LogP contribution in [0.2, 0.25) is 0 Å². The molecule has 6 bridgehead atoms. The summed E-state index contributed by atoms with van der Waals surface area (Å²) in [5, 5.41) is 17.3. The lowest BCUT2D eigenvalue weighted by Gasteiger charge is -2.10. The van der Waals surface area contributed by atoms with Crippen molar-refractivity contribution in [3.8, 4) is 22.8 Å². The molecular formula is C25H34N8. The fourth-order valence-corrected chi connectivity index (χ4v) is 3.68. The van der Waals surface area contributed by atoms with E-state index in [0.29, 0.717) is 0 Å². The Morgan fingerprint density at radius 3 is 1.15 bits per heavy atom. The highest BCUT2D eigenvalue weighted by Crippen LogP contribution is 2.20. The Balaban J connectivity index is 1.48. The molecule has 8 heteroatoms. The van der Waals surface area contributed by atoms with Gasteiger partial charge in [0.25, 0.3) is 0 Å². The second-order valence-corrected chi connectivity index (χ2v) is 8.04. The second kappa shape index (κ2) is 13.1.